The van der Waals surface area contributed by atoms with Crippen LogP contribution in [0, 0.1) is 0 Å². The van der Waals surface area contributed by atoms with Gasteiger partial charge in [-0.15, -0.1) is 0 Å². The van der Waals surface area contributed by atoms with Crippen molar-refractivity contribution in [1.29, 1.82) is 0 Å². The van der Waals surface area contributed by atoms with Crippen molar-refractivity contribution in [2.75, 3.05) is 0 Å². The van der Waals surface area contributed by atoms with Gasteiger partial charge in [0.15, 0.2) is 12.2 Å². The maximum absolute atomic E-state index is 9.77. The standard InChI is InChI=1S/C4H6O6.4H2O/c5-1(3(7)8)2(6)4(9)10;;;;/h1-2,5-6H,(H,7,8)(H,9,10);4*1H2/t1-,2-;;;;/m0..../s1. The highest BCUT2D eigenvalue weighted by Gasteiger charge is 2.29. The molecular formula is C4H14O10. The predicted octanol–water partition coefficient (Wildman–Crippen LogP) is -5.42. The van der Waals surface area contributed by atoms with Gasteiger partial charge in [-0.25, -0.2) is 9.59 Å². The van der Waals surface area contributed by atoms with Gasteiger partial charge in [0, 0.05) is 0 Å². The lowest BCUT2D eigenvalue weighted by Gasteiger charge is -2.07. The van der Waals surface area contributed by atoms with Crippen LogP contribution in [0.2, 0.25) is 0 Å². The first kappa shape index (κ1) is 29.3. The van der Waals surface area contributed by atoms with E-state index >= 15 is 0 Å². The zero-order valence-electron chi connectivity index (χ0n) is 6.76. The van der Waals surface area contributed by atoms with E-state index in [1.165, 1.54) is 0 Å². The number of carboxylic acids is 2. The molecule has 90 valence electrons. The summed E-state index contributed by atoms with van der Waals surface area (Å²) in [4.78, 5) is 19.5. The number of carboxylic acid groups (broad SMARTS) is 2. The summed E-state index contributed by atoms with van der Waals surface area (Å²) in [6, 6.07) is 0. The van der Waals surface area contributed by atoms with Crippen LogP contribution in [0.25, 0.3) is 0 Å². The molecule has 0 aliphatic rings. The first-order valence-electron chi connectivity index (χ1n) is 2.28. The molecule has 0 aromatic carbocycles. The van der Waals surface area contributed by atoms with Gasteiger partial charge < -0.3 is 42.3 Å². The third kappa shape index (κ3) is 8.79. The lowest BCUT2D eigenvalue weighted by atomic mass is 10.2. The number of hydrogen-bond acceptors (Lipinski definition) is 4. The van der Waals surface area contributed by atoms with Crippen LogP contribution >= 0.6 is 0 Å². The van der Waals surface area contributed by atoms with E-state index in [0.717, 1.165) is 0 Å². The Morgan fingerprint density at radius 3 is 0.929 bits per heavy atom. The van der Waals surface area contributed by atoms with E-state index in [4.69, 9.17) is 20.4 Å². The van der Waals surface area contributed by atoms with Gasteiger partial charge in [0.05, 0.1) is 0 Å². The average molecular weight is 222 g/mol. The van der Waals surface area contributed by atoms with Crippen molar-refractivity contribution in [2.24, 2.45) is 0 Å². The zero-order chi connectivity index (χ0) is 8.31. The Labute approximate surface area is 77.3 Å². The molecule has 0 unspecified atom stereocenters. The number of aliphatic carboxylic acids is 2. The van der Waals surface area contributed by atoms with Gasteiger partial charge in [0.25, 0.3) is 0 Å². The molecule has 12 N–H and O–H groups in total. The zero-order valence-corrected chi connectivity index (χ0v) is 6.76. The van der Waals surface area contributed by atoms with Gasteiger partial charge in [-0.2, -0.15) is 0 Å². The molecule has 0 saturated carbocycles. The van der Waals surface area contributed by atoms with E-state index in [2.05, 4.69) is 0 Å². The van der Waals surface area contributed by atoms with Crippen LogP contribution in [0.4, 0.5) is 0 Å². The Bertz CT molecular complexity index is 136. The Morgan fingerprint density at radius 2 is 0.857 bits per heavy atom. The molecule has 14 heavy (non-hydrogen) atoms. The van der Waals surface area contributed by atoms with E-state index in [9.17, 15) is 9.59 Å². The first-order chi connectivity index (χ1) is 4.46. The summed E-state index contributed by atoms with van der Waals surface area (Å²) >= 11 is 0. The van der Waals surface area contributed by atoms with Crippen molar-refractivity contribution in [2.45, 2.75) is 12.2 Å². The molecule has 0 aliphatic carbocycles. The third-order valence-electron chi connectivity index (χ3n) is 0.805. The van der Waals surface area contributed by atoms with Gasteiger partial charge in [0.1, 0.15) is 0 Å². The van der Waals surface area contributed by atoms with Gasteiger partial charge in [-0.05, 0) is 0 Å². The summed E-state index contributed by atoms with van der Waals surface area (Å²) in [5.41, 5.74) is 0. The van der Waals surface area contributed by atoms with Crippen molar-refractivity contribution in [3.05, 3.63) is 0 Å². The summed E-state index contributed by atoms with van der Waals surface area (Å²) in [5.74, 6) is -3.54. The minimum atomic E-state index is -2.27. The van der Waals surface area contributed by atoms with E-state index < -0.39 is 24.1 Å². The quantitative estimate of drug-likeness (QED) is 0.362. The summed E-state index contributed by atoms with van der Waals surface area (Å²) in [7, 11) is 0. The first-order valence-corrected chi connectivity index (χ1v) is 2.28. The molecule has 2 atom stereocenters. The highest BCUT2D eigenvalue weighted by atomic mass is 16.4. The summed E-state index contributed by atoms with van der Waals surface area (Å²) in [6.45, 7) is 0. The van der Waals surface area contributed by atoms with Gasteiger partial charge in [-0.1, -0.05) is 0 Å². The molecule has 0 bridgehead atoms. The van der Waals surface area contributed by atoms with Crippen LogP contribution in [0.1, 0.15) is 0 Å². The molecule has 0 radical (unpaired) electrons. The third-order valence-corrected chi connectivity index (χ3v) is 0.805. The molecule has 0 amide bonds. The Kier molecular flexibility index (Phi) is 24.5. The van der Waals surface area contributed by atoms with E-state index in [-0.39, 0.29) is 21.9 Å². The number of rotatable bonds is 3. The van der Waals surface area contributed by atoms with Crippen molar-refractivity contribution in [3.63, 3.8) is 0 Å². The molecule has 0 aromatic heterocycles. The molecule has 0 aromatic rings. The van der Waals surface area contributed by atoms with Crippen LogP contribution < -0.4 is 0 Å². The fourth-order valence-corrected chi connectivity index (χ4v) is 0.270. The number of hydrogen-bond donors (Lipinski definition) is 4. The SMILES string of the molecule is O.O.O.O.O=C(O)[C@@H](O)[C@H](O)C(=O)O. The van der Waals surface area contributed by atoms with Crippen LogP contribution in [0.15, 0.2) is 0 Å². The Balaban J connectivity index is -0.0000000675. The van der Waals surface area contributed by atoms with Crippen LogP contribution in [0.5, 0.6) is 0 Å². The minimum absolute atomic E-state index is 0. The maximum Gasteiger partial charge on any atom is 0.335 e. The smallest absolute Gasteiger partial charge is 0.335 e. The lowest BCUT2D eigenvalue weighted by molar-refractivity contribution is -0.165. The molecule has 0 heterocycles. The molecule has 0 aliphatic heterocycles. The fourth-order valence-electron chi connectivity index (χ4n) is 0.270. The molecule has 0 fully saturated rings. The van der Waals surface area contributed by atoms with E-state index in [0.29, 0.717) is 0 Å². The van der Waals surface area contributed by atoms with Crippen molar-refractivity contribution < 1.29 is 51.9 Å². The lowest BCUT2D eigenvalue weighted by Crippen LogP contribution is -2.39. The van der Waals surface area contributed by atoms with E-state index in [1.54, 1.807) is 0 Å². The van der Waals surface area contributed by atoms with Crippen molar-refractivity contribution in [1.82, 2.24) is 0 Å². The molecular weight excluding hydrogens is 208 g/mol. The maximum atomic E-state index is 9.77. The topological polar surface area (TPSA) is 241 Å². The number of carbonyl (C=O) groups is 2. The highest BCUT2D eigenvalue weighted by Crippen LogP contribution is 1.92. The Hall–Kier alpha value is -1.30. The van der Waals surface area contributed by atoms with Crippen LogP contribution in [-0.2, 0) is 9.59 Å². The van der Waals surface area contributed by atoms with Crippen molar-refractivity contribution in [3.8, 4) is 0 Å². The number of aliphatic hydroxyl groups is 2. The second-order valence-corrected chi connectivity index (χ2v) is 1.57. The highest BCUT2D eigenvalue weighted by molar-refractivity contribution is 5.82. The second kappa shape index (κ2) is 11.7. The summed E-state index contributed by atoms with van der Waals surface area (Å²) in [6.07, 6.45) is -4.53. The van der Waals surface area contributed by atoms with Crippen LogP contribution in [0.3, 0.4) is 0 Å². The average Bonchev–Trinajstić information content (AvgIpc) is 1.84. The monoisotopic (exact) mass is 222 g/mol. The number of aliphatic hydroxyl groups excluding tert-OH is 2. The second-order valence-electron chi connectivity index (χ2n) is 1.57. The normalized spacial score (nSPS) is 11.3. The molecule has 10 heteroatoms. The van der Waals surface area contributed by atoms with Gasteiger partial charge in [0.2, 0.25) is 0 Å². The largest absolute Gasteiger partial charge is 0.479 e. The van der Waals surface area contributed by atoms with Gasteiger partial charge in [-0.3, -0.25) is 0 Å². The molecule has 0 rings (SSSR count). The predicted molar refractivity (Wildman–Crippen MR) is 41.7 cm³/mol. The summed E-state index contributed by atoms with van der Waals surface area (Å²) in [5, 5.41) is 32.5. The molecule has 0 spiro atoms. The van der Waals surface area contributed by atoms with Crippen molar-refractivity contribution >= 4 is 11.9 Å². The van der Waals surface area contributed by atoms with Crippen LogP contribution in [-0.4, -0.2) is 66.5 Å². The minimum Gasteiger partial charge on any atom is -0.479 e. The molecule has 10 nitrogen and oxygen atoms in total. The summed E-state index contributed by atoms with van der Waals surface area (Å²) < 4.78 is 0. The van der Waals surface area contributed by atoms with Gasteiger partial charge >= 0.3 is 11.9 Å². The molecule has 0 saturated heterocycles. The fraction of sp³-hybridized carbons (Fsp3) is 0.500. The Morgan fingerprint density at radius 1 is 0.714 bits per heavy atom. The van der Waals surface area contributed by atoms with E-state index in [1.807, 2.05) is 0 Å².